The van der Waals surface area contributed by atoms with Gasteiger partial charge in [0.15, 0.2) is 0 Å². The van der Waals surface area contributed by atoms with Gasteiger partial charge in [0.1, 0.15) is 34.8 Å². The van der Waals surface area contributed by atoms with Crippen LogP contribution in [-0.4, -0.2) is 30.1 Å². The van der Waals surface area contributed by atoms with Gasteiger partial charge >= 0.3 is 6.09 Å². The molecule has 3 amide bonds. The zero-order chi connectivity index (χ0) is 23.7. The van der Waals surface area contributed by atoms with Crippen molar-refractivity contribution >= 4 is 34.4 Å². The van der Waals surface area contributed by atoms with Crippen LogP contribution in [0.25, 0.3) is 10.8 Å². The molecular formula is C23H14FN3O6. The van der Waals surface area contributed by atoms with E-state index < -0.39 is 35.1 Å². The molecule has 1 aliphatic heterocycles. The Labute approximate surface area is 185 Å². The molecule has 3 aromatic carbocycles. The van der Waals surface area contributed by atoms with Crippen LogP contribution in [0.2, 0.25) is 0 Å². The molecule has 0 unspecified atom stereocenters. The molecule has 0 bridgehead atoms. The van der Waals surface area contributed by atoms with E-state index >= 15 is 0 Å². The van der Waals surface area contributed by atoms with E-state index in [1.807, 2.05) is 18.2 Å². The van der Waals surface area contributed by atoms with Gasteiger partial charge in [-0.15, -0.1) is 0 Å². The Hall–Kier alpha value is -4.91. The molecule has 0 atom stereocenters. The normalized spacial score (nSPS) is 13.0. The van der Waals surface area contributed by atoms with Gasteiger partial charge in [-0.2, -0.15) is 5.26 Å². The number of fused-ring (bicyclic) bond motifs is 1. The lowest BCUT2D eigenvalue weighted by Gasteiger charge is -2.18. The third kappa shape index (κ3) is 4.03. The van der Waals surface area contributed by atoms with Crippen LogP contribution < -0.4 is 19.7 Å². The lowest BCUT2D eigenvalue weighted by atomic mass is 10.1. The second kappa shape index (κ2) is 8.32. The number of carbonyl (C=O) groups is 3. The molecule has 1 heterocycles. The molecule has 0 saturated heterocycles. The molecule has 9 nitrogen and oxygen atoms in total. The van der Waals surface area contributed by atoms with E-state index in [1.165, 1.54) is 0 Å². The van der Waals surface area contributed by atoms with Crippen molar-refractivity contribution in [3.63, 3.8) is 0 Å². The lowest BCUT2D eigenvalue weighted by molar-refractivity contribution is -0.120. The average molecular weight is 447 g/mol. The molecule has 0 radical (unpaired) electrons. The minimum atomic E-state index is -1.55. The number of carboxylic acid groups (broad SMARTS) is 1. The SMILES string of the molecule is COc1ccc2cc(Oc3cc(N4C(=O)C=C(NC(=O)O)C4=O)c(F)cc3C#N)ccc2c1. The molecule has 10 heteroatoms. The highest BCUT2D eigenvalue weighted by atomic mass is 19.1. The maximum absolute atomic E-state index is 14.7. The quantitative estimate of drug-likeness (QED) is 0.571. The number of halogens is 1. The Kier molecular flexibility index (Phi) is 5.37. The first-order valence-corrected chi connectivity index (χ1v) is 9.40. The van der Waals surface area contributed by atoms with Crippen molar-refractivity contribution in [3.8, 4) is 23.3 Å². The minimum absolute atomic E-state index is 0.0954. The summed E-state index contributed by atoms with van der Waals surface area (Å²) >= 11 is 0. The standard InChI is InChI=1S/C23H14FN3O6/c1-32-15-4-2-13-7-16(5-3-12(13)6-15)33-20-10-19(17(24)8-14(20)11-25)27-21(28)9-18(22(27)29)26-23(30)31/h2-10,26H,1H3,(H,30,31). The number of hydrogen-bond acceptors (Lipinski definition) is 6. The van der Waals surface area contributed by atoms with Crippen molar-refractivity contribution in [2.24, 2.45) is 0 Å². The van der Waals surface area contributed by atoms with Crippen molar-refractivity contribution in [1.29, 1.82) is 5.26 Å². The van der Waals surface area contributed by atoms with Crippen LogP contribution in [0.15, 0.2) is 60.3 Å². The van der Waals surface area contributed by atoms with Crippen LogP contribution in [0.3, 0.4) is 0 Å². The van der Waals surface area contributed by atoms with Gasteiger partial charge in [-0.05, 0) is 41.1 Å². The molecule has 0 spiro atoms. The van der Waals surface area contributed by atoms with Gasteiger partial charge in [0.2, 0.25) is 0 Å². The Morgan fingerprint density at radius 2 is 1.76 bits per heavy atom. The number of carbonyl (C=O) groups excluding carboxylic acids is 2. The van der Waals surface area contributed by atoms with Crippen molar-refractivity contribution in [2.45, 2.75) is 0 Å². The van der Waals surface area contributed by atoms with Crippen LogP contribution in [-0.2, 0) is 9.59 Å². The number of nitriles is 1. The number of rotatable bonds is 5. The number of hydrogen-bond donors (Lipinski definition) is 2. The van der Waals surface area contributed by atoms with Gasteiger partial charge in [0, 0.05) is 12.1 Å². The molecule has 1 aliphatic rings. The molecule has 0 saturated carbocycles. The molecule has 0 aliphatic carbocycles. The number of nitrogens with one attached hydrogen (secondary N) is 1. The number of ether oxygens (including phenoxy) is 2. The largest absolute Gasteiger partial charge is 0.497 e. The average Bonchev–Trinajstić information content (AvgIpc) is 3.06. The zero-order valence-corrected chi connectivity index (χ0v) is 17.0. The summed E-state index contributed by atoms with van der Waals surface area (Å²) in [5, 5.41) is 21.7. The molecule has 164 valence electrons. The zero-order valence-electron chi connectivity index (χ0n) is 17.0. The highest BCUT2D eigenvalue weighted by Crippen LogP contribution is 2.35. The second-order valence-corrected chi connectivity index (χ2v) is 6.86. The predicted molar refractivity (Wildman–Crippen MR) is 113 cm³/mol. The van der Waals surface area contributed by atoms with Crippen molar-refractivity contribution in [2.75, 3.05) is 12.0 Å². The monoisotopic (exact) mass is 447 g/mol. The summed E-state index contributed by atoms with van der Waals surface area (Å²) in [5.41, 5.74) is -1.17. The van der Waals surface area contributed by atoms with Crippen LogP contribution in [0, 0.1) is 17.1 Å². The maximum Gasteiger partial charge on any atom is 0.409 e. The maximum atomic E-state index is 14.7. The molecular weight excluding hydrogens is 433 g/mol. The topological polar surface area (TPSA) is 129 Å². The van der Waals surface area contributed by atoms with E-state index in [0.717, 1.165) is 29.0 Å². The number of benzene rings is 3. The third-order valence-electron chi connectivity index (χ3n) is 4.82. The molecule has 2 N–H and O–H groups in total. The summed E-state index contributed by atoms with van der Waals surface area (Å²) < 4.78 is 25.7. The van der Waals surface area contributed by atoms with Crippen molar-refractivity contribution < 1.29 is 33.4 Å². The minimum Gasteiger partial charge on any atom is -0.497 e. The Balaban J connectivity index is 1.70. The molecule has 33 heavy (non-hydrogen) atoms. The van der Waals surface area contributed by atoms with Gasteiger partial charge in [0.05, 0.1) is 18.4 Å². The van der Waals surface area contributed by atoms with Crippen molar-refractivity contribution in [1.82, 2.24) is 5.32 Å². The number of methoxy groups -OCH3 is 1. The number of anilines is 1. The fraction of sp³-hybridized carbons (Fsp3) is 0.0435. The van der Waals surface area contributed by atoms with Crippen LogP contribution in [0.4, 0.5) is 14.9 Å². The van der Waals surface area contributed by atoms with E-state index in [4.69, 9.17) is 14.6 Å². The van der Waals surface area contributed by atoms with E-state index in [2.05, 4.69) is 0 Å². The van der Waals surface area contributed by atoms with Gasteiger partial charge in [-0.1, -0.05) is 12.1 Å². The molecule has 3 aromatic rings. The third-order valence-corrected chi connectivity index (χ3v) is 4.82. The first-order valence-electron chi connectivity index (χ1n) is 9.40. The van der Waals surface area contributed by atoms with E-state index in [-0.39, 0.29) is 11.3 Å². The summed E-state index contributed by atoms with van der Waals surface area (Å²) in [6, 6.07) is 14.2. The van der Waals surface area contributed by atoms with Crippen LogP contribution >= 0.6 is 0 Å². The van der Waals surface area contributed by atoms with Crippen molar-refractivity contribution in [3.05, 3.63) is 71.7 Å². The number of imide groups is 1. The van der Waals surface area contributed by atoms with Gasteiger partial charge < -0.3 is 14.6 Å². The summed E-state index contributed by atoms with van der Waals surface area (Å²) in [6.45, 7) is 0. The number of amides is 3. The molecule has 0 aromatic heterocycles. The van der Waals surface area contributed by atoms with Crippen LogP contribution in [0.1, 0.15) is 5.56 Å². The summed E-state index contributed by atoms with van der Waals surface area (Å²) in [5.74, 6) is -2.13. The summed E-state index contributed by atoms with van der Waals surface area (Å²) in [6.07, 6.45) is -0.811. The van der Waals surface area contributed by atoms with Gasteiger partial charge in [0.25, 0.3) is 11.8 Å². The molecule has 4 rings (SSSR count). The highest BCUT2D eigenvalue weighted by Gasteiger charge is 2.35. The summed E-state index contributed by atoms with van der Waals surface area (Å²) in [7, 11) is 1.56. The van der Waals surface area contributed by atoms with E-state index in [9.17, 15) is 24.0 Å². The first kappa shape index (κ1) is 21.3. The lowest BCUT2D eigenvalue weighted by Crippen LogP contribution is -2.35. The van der Waals surface area contributed by atoms with Gasteiger partial charge in [-0.25, -0.2) is 14.1 Å². The summed E-state index contributed by atoms with van der Waals surface area (Å²) in [4.78, 5) is 36.0. The van der Waals surface area contributed by atoms with Gasteiger partial charge in [-0.3, -0.25) is 14.9 Å². The number of nitrogens with zero attached hydrogens (tertiary/aromatic N) is 2. The molecule has 0 fully saturated rings. The highest BCUT2D eigenvalue weighted by molar-refractivity contribution is 6.31. The van der Waals surface area contributed by atoms with E-state index in [1.54, 1.807) is 36.7 Å². The Bertz CT molecular complexity index is 1410. The second-order valence-electron chi connectivity index (χ2n) is 6.86. The fourth-order valence-electron chi connectivity index (χ4n) is 3.31. The van der Waals surface area contributed by atoms with E-state index in [0.29, 0.717) is 16.4 Å². The van der Waals surface area contributed by atoms with Crippen LogP contribution in [0.5, 0.6) is 17.2 Å². The smallest absolute Gasteiger partial charge is 0.409 e. The first-order chi connectivity index (χ1) is 15.8. The Morgan fingerprint density at radius 3 is 2.39 bits per heavy atom. The predicted octanol–water partition coefficient (Wildman–Crippen LogP) is 3.68. The fourth-order valence-corrected chi connectivity index (χ4v) is 3.31. The Morgan fingerprint density at radius 1 is 1.09 bits per heavy atom.